The summed E-state index contributed by atoms with van der Waals surface area (Å²) >= 11 is 0. The van der Waals surface area contributed by atoms with Crippen LogP contribution in [-0.2, 0) is 38.1 Å². The zero-order valence-electron chi connectivity index (χ0n) is 19.0. The Kier molecular flexibility index (Phi) is 19.7. The Morgan fingerprint density at radius 1 is 0.667 bits per heavy atom. The molecule has 0 atom stereocenters. The molecular weight excluding hydrogens is 440 g/mol. The molecule has 0 aromatic rings. The highest BCUT2D eigenvalue weighted by Gasteiger charge is 2.19. The number of carbonyl (C=O) groups is 4. The zero-order chi connectivity index (χ0) is 24.7. The number of unbranched alkanes of at least 4 members (excludes halogenated alkanes) is 6. The first-order valence-electron chi connectivity index (χ1n) is 11.2. The molecule has 3 N–H and O–H groups in total. The molecule has 0 spiro atoms. The number of carboxylic acid groups (broad SMARTS) is 1. The second-order valence-corrected chi connectivity index (χ2v) is 7.07. The second kappa shape index (κ2) is 21.4. The van der Waals surface area contributed by atoms with E-state index in [1.54, 1.807) is 0 Å². The van der Waals surface area contributed by atoms with Crippen LogP contribution in [0.5, 0.6) is 0 Å². The lowest BCUT2D eigenvalue weighted by Gasteiger charge is -2.10. The molecule has 0 saturated heterocycles. The van der Waals surface area contributed by atoms with Gasteiger partial charge >= 0.3 is 23.9 Å². The standard InChI is InChI=1S/C22H36O11/c23-11-7-8-13-31-21(28)17-18(22(29)32-16-15-30-14-12-24)33-20(27)10-6-4-2-1-3-5-9-19(25)26/h17,23-24H,1-16H2,(H,25,26)/b18-17+. The van der Waals surface area contributed by atoms with Crippen LogP contribution in [0.1, 0.15) is 64.2 Å². The first-order chi connectivity index (χ1) is 15.9. The van der Waals surface area contributed by atoms with Crippen LogP contribution < -0.4 is 0 Å². The molecule has 0 amide bonds. The normalized spacial score (nSPS) is 11.2. The maximum atomic E-state index is 12.2. The van der Waals surface area contributed by atoms with Crippen molar-refractivity contribution in [3.05, 3.63) is 11.8 Å². The third kappa shape index (κ3) is 19.9. The highest BCUT2D eigenvalue weighted by atomic mass is 16.6. The van der Waals surface area contributed by atoms with Crippen molar-refractivity contribution in [3.63, 3.8) is 0 Å². The van der Waals surface area contributed by atoms with Gasteiger partial charge in [-0.3, -0.25) is 9.59 Å². The average molecular weight is 477 g/mol. The van der Waals surface area contributed by atoms with Crippen molar-refractivity contribution in [1.29, 1.82) is 0 Å². The predicted molar refractivity (Wildman–Crippen MR) is 115 cm³/mol. The number of carbonyl (C=O) groups excluding carboxylic acids is 3. The van der Waals surface area contributed by atoms with E-state index in [1.807, 2.05) is 0 Å². The first kappa shape index (κ1) is 30.5. The van der Waals surface area contributed by atoms with Crippen molar-refractivity contribution < 1.29 is 53.4 Å². The summed E-state index contributed by atoms with van der Waals surface area (Å²) in [4.78, 5) is 46.6. The Labute approximate surface area is 193 Å². The zero-order valence-corrected chi connectivity index (χ0v) is 19.0. The highest BCUT2D eigenvalue weighted by Crippen LogP contribution is 2.11. The van der Waals surface area contributed by atoms with E-state index in [1.165, 1.54) is 0 Å². The Morgan fingerprint density at radius 2 is 1.33 bits per heavy atom. The maximum absolute atomic E-state index is 12.2. The maximum Gasteiger partial charge on any atom is 0.374 e. The van der Waals surface area contributed by atoms with Gasteiger partial charge in [0.05, 0.1) is 32.5 Å². The topological polar surface area (TPSA) is 166 Å². The lowest BCUT2D eigenvalue weighted by Crippen LogP contribution is -2.19. The summed E-state index contributed by atoms with van der Waals surface area (Å²) in [6.45, 7) is -0.250. The number of rotatable bonds is 21. The number of aliphatic hydroxyl groups excluding tert-OH is 2. The number of carboxylic acids is 1. The van der Waals surface area contributed by atoms with Gasteiger partial charge in [-0.15, -0.1) is 0 Å². The van der Waals surface area contributed by atoms with Gasteiger partial charge in [0, 0.05) is 19.4 Å². The molecule has 0 rings (SSSR count). The van der Waals surface area contributed by atoms with E-state index in [0.29, 0.717) is 25.7 Å². The van der Waals surface area contributed by atoms with Crippen molar-refractivity contribution >= 4 is 23.9 Å². The van der Waals surface area contributed by atoms with Crippen LogP contribution in [0.4, 0.5) is 0 Å². The van der Waals surface area contributed by atoms with Crippen molar-refractivity contribution in [2.75, 3.05) is 39.6 Å². The lowest BCUT2D eigenvalue weighted by molar-refractivity contribution is -0.153. The molecule has 0 aromatic carbocycles. The van der Waals surface area contributed by atoms with Gasteiger partial charge in [-0.25, -0.2) is 9.59 Å². The van der Waals surface area contributed by atoms with Gasteiger partial charge < -0.3 is 34.3 Å². The molecule has 0 bridgehead atoms. The van der Waals surface area contributed by atoms with Crippen LogP contribution in [0.2, 0.25) is 0 Å². The minimum absolute atomic E-state index is 0.0194. The third-order valence-corrected chi connectivity index (χ3v) is 4.19. The van der Waals surface area contributed by atoms with Crippen LogP contribution in [0.15, 0.2) is 11.8 Å². The fourth-order valence-electron chi connectivity index (χ4n) is 2.52. The number of aliphatic hydroxyl groups is 2. The summed E-state index contributed by atoms with van der Waals surface area (Å²) in [6, 6.07) is 0. The minimum Gasteiger partial charge on any atom is -0.481 e. The van der Waals surface area contributed by atoms with E-state index in [4.69, 9.17) is 34.3 Å². The smallest absolute Gasteiger partial charge is 0.374 e. The third-order valence-electron chi connectivity index (χ3n) is 4.19. The SMILES string of the molecule is O=C(O)CCCCCCCCC(=O)O/C(=C/C(=O)OCCCCO)C(=O)OCCOCCO. The van der Waals surface area contributed by atoms with E-state index in [-0.39, 0.29) is 52.5 Å². The first-order valence-corrected chi connectivity index (χ1v) is 11.2. The number of hydrogen-bond donors (Lipinski definition) is 3. The van der Waals surface area contributed by atoms with E-state index < -0.39 is 29.6 Å². The fourth-order valence-corrected chi connectivity index (χ4v) is 2.52. The molecule has 11 nitrogen and oxygen atoms in total. The Morgan fingerprint density at radius 3 is 1.97 bits per heavy atom. The van der Waals surface area contributed by atoms with Crippen LogP contribution in [-0.4, -0.2) is 78.8 Å². The molecule has 0 saturated carbocycles. The molecule has 190 valence electrons. The number of esters is 3. The van der Waals surface area contributed by atoms with E-state index in [2.05, 4.69) is 0 Å². The number of ether oxygens (including phenoxy) is 4. The summed E-state index contributed by atoms with van der Waals surface area (Å²) in [5.74, 6) is -4.02. The fraction of sp³-hybridized carbons (Fsp3) is 0.727. The van der Waals surface area contributed by atoms with Crippen molar-refractivity contribution in [2.45, 2.75) is 64.2 Å². The summed E-state index contributed by atoms with van der Waals surface area (Å²) in [5, 5.41) is 26.0. The average Bonchev–Trinajstić information content (AvgIpc) is 2.77. The molecule has 0 aromatic heterocycles. The molecule has 0 fully saturated rings. The molecule has 0 unspecified atom stereocenters. The van der Waals surface area contributed by atoms with Gasteiger partial charge in [-0.2, -0.15) is 0 Å². The predicted octanol–water partition coefficient (Wildman–Crippen LogP) is 1.49. The Balaban J connectivity index is 4.50. The summed E-state index contributed by atoms with van der Waals surface area (Å²) < 4.78 is 19.8. The molecule has 11 heteroatoms. The monoisotopic (exact) mass is 476 g/mol. The van der Waals surface area contributed by atoms with Crippen molar-refractivity contribution in [3.8, 4) is 0 Å². The highest BCUT2D eigenvalue weighted by molar-refractivity contribution is 5.96. The van der Waals surface area contributed by atoms with Crippen molar-refractivity contribution in [2.24, 2.45) is 0 Å². The molecular formula is C22H36O11. The van der Waals surface area contributed by atoms with Gasteiger partial charge in [0.1, 0.15) is 6.61 Å². The summed E-state index contributed by atoms with van der Waals surface area (Å²) in [6.07, 6.45) is 6.19. The van der Waals surface area contributed by atoms with Crippen molar-refractivity contribution in [1.82, 2.24) is 0 Å². The van der Waals surface area contributed by atoms with Crippen LogP contribution >= 0.6 is 0 Å². The van der Waals surface area contributed by atoms with Crippen LogP contribution in [0, 0.1) is 0 Å². The summed E-state index contributed by atoms with van der Waals surface area (Å²) in [5.41, 5.74) is 0. The van der Waals surface area contributed by atoms with Crippen LogP contribution in [0.3, 0.4) is 0 Å². The van der Waals surface area contributed by atoms with E-state index in [9.17, 15) is 19.2 Å². The molecule has 33 heavy (non-hydrogen) atoms. The minimum atomic E-state index is -1.03. The van der Waals surface area contributed by atoms with E-state index in [0.717, 1.165) is 31.8 Å². The van der Waals surface area contributed by atoms with Gasteiger partial charge in [0.15, 0.2) is 0 Å². The Hall–Kier alpha value is -2.50. The number of aliphatic carboxylic acids is 1. The largest absolute Gasteiger partial charge is 0.481 e. The lowest BCUT2D eigenvalue weighted by atomic mass is 10.1. The van der Waals surface area contributed by atoms with Gasteiger partial charge in [-0.1, -0.05) is 25.7 Å². The second-order valence-electron chi connectivity index (χ2n) is 7.07. The van der Waals surface area contributed by atoms with Gasteiger partial charge in [0.2, 0.25) is 5.76 Å². The molecule has 0 aliphatic heterocycles. The van der Waals surface area contributed by atoms with Gasteiger partial charge in [-0.05, 0) is 25.7 Å². The molecule has 0 aliphatic carbocycles. The van der Waals surface area contributed by atoms with E-state index >= 15 is 0 Å². The molecule has 0 aliphatic rings. The molecule has 0 radical (unpaired) electrons. The van der Waals surface area contributed by atoms with Crippen LogP contribution in [0.25, 0.3) is 0 Å². The summed E-state index contributed by atoms with van der Waals surface area (Å²) in [7, 11) is 0. The van der Waals surface area contributed by atoms with Gasteiger partial charge in [0.25, 0.3) is 0 Å². The molecule has 0 heterocycles. The number of hydrogen-bond acceptors (Lipinski definition) is 10. The Bertz CT molecular complexity index is 601. The quantitative estimate of drug-likeness (QED) is 0.0722.